The van der Waals surface area contributed by atoms with Gasteiger partial charge in [-0.15, -0.1) is 0 Å². The molecular weight excluding hydrogens is 272 g/mol. The van der Waals surface area contributed by atoms with E-state index in [1.165, 1.54) is 7.11 Å². The molecule has 0 saturated heterocycles. The maximum atomic E-state index is 11.0. The summed E-state index contributed by atoms with van der Waals surface area (Å²) in [6.07, 6.45) is -1.15. The van der Waals surface area contributed by atoms with Gasteiger partial charge in [0, 0.05) is 0 Å². The number of rotatable bonds is 4. The summed E-state index contributed by atoms with van der Waals surface area (Å²) >= 11 is 0. The molecule has 0 aliphatic carbocycles. The monoisotopic (exact) mass is 300 g/mol. The van der Waals surface area contributed by atoms with Crippen molar-refractivity contribution in [2.45, 2.75) is 70.9 Å². The quantitative estimate of drug-likeness (QED) is 0.493. The molecule has 1 N–H and O–H groups in total. The van der Waals surface area contributed by atoms with Crippen LogP contribution >= 0.6 is 0 Å². The predicted molar refractivity (Wildman–Crippen MR) is 82.8 cm³/mol. The molecule has 4 nitrogen and oxygen atoms in total. The summed E-state index contributed by atoms with van der Waals surface area (Å²) in [5, 5.41) is 9.75. The van der Waals surface area contributed by atoms with Crippen LogP contribution in [0.2, 0.25) is 18.1 Å². The first kappa shape index (κ1) is 19.2. The summed E-state index contributed by atoms with van der Waals surface area (Å²) in [4.78, 5) is 11.0. The van der Waals surface area contributed by atoms with Crippen LogP contribution in [0.15, 0.2) is 0 Å². The number of carbonyl (C=O) groups excluding carboxylic acids is 1. The number of ether oxygens (including phenoxy) is 1. The fourth-order valence-corrected chi connectivity index (χ4v) is 3.00. The lowest BCUT2D eigenvalue weighted by Crippen LogP contribution is -2.47. The first-order valence-corrected chi connectivity index (χ1v) is 9.69. The van der Waals surface area contributed by atoms with Crippen molar-refractivity contribution in [1.29, 1.82) is 0 Å². The Labute approximate surface area is 124 Å². The smallest absolute Gasteiger partial charge is 0.309 e. The van der Waals surface area contributed by atoms with Gasteiger partial charge in [-0.1, -0.05) is 32.6 Å². The van der Waals surface area contributed by atoms with E-state index in [-0.39, 0.29) is 11.5 Å². The van der Waals surface area contributed by atoms with Gasteiger partial charge >= 0.3 is 5.97 Å². The predicted octanol–water partition coefficient (Wildman–Crippen LogP) is 2.71. The summed E-state index contributed by atoms with van der Waals surface area (Å²) in [6.45, 7) is 14.6. The SMILES string of the molecule is COC(=O)C[C@@H](O)C#CC(C)(C)O[Si](C)(C)C(C)(C)C. The van der Waals surface area contributed by atoms with Gasteiger partial charge in [0.15, 0.2) is 8.32 Å². The third kappa shape index (κ3) is 6.55. The molecule has 116 valence electrons. The van der Waals surface area contributed by atoms with Crippen molar-refractivity contribution in [2.75, 3.05) is 7.11 Å². The van der Waals surface area contributed by atoms with E-state index < -0.39 is 26.0 Å². The van der Waals surface area contributed by atoms with Crippen LogP contribution in [0.1, 0.15) is 41.0 Å². The molecule has 0 saturated carbocycles. The molecule has 5 heteroatoms. The number of hydrogen-bond acceptors (Lipinski definition) is 4. The van der Waals surface area contributed by atoms with Gasteiger partial charge in [-0.2, -0.15) is 0 Å². The standard InChI is InChI=1S/C15H28O4Si/c1-14(2,3)20(7,8)19-15(4,5)10-9-12(16)11-13(17)18-6/h12,16H,11H2,1-8H3/t12-/m0/s1. The molecule has 0 unspecified atom stereocenters. The van der Waals surface area contributed by atoms with E-state index in [0.29, 0.717) is 0 Å². The highest BCUT2D eigenvalue weighted by Gasteiger charge is 2.40. The van der Waals surface area contributed by atoms with Crippen molar-refractivity contribution in [3.63, 3.8) is 0 Å². The van der Waals surface area contributed by atoms with Gasteiger partial charge in [0.2, 0.25) is 0 Å². The third-order valence-corrected chi connectivity index (χ3v) is 8.08. The Balaban J connectivity index is 4.81. The summed E-state index contributed by atoms with van der Waals surface area (Å²) in [7, 11) is -0.642. The highest BCUT2D eigenvalue weighted by Crippen LogP contribution is 2.38. The summed E-state index contributed by atoms with van der Waals surface area (Å²) in [5.41, 5.74) is -0.653. The molecule has 0 amide bonds. The fraction of sp³-hybridized carbons (Fsp3) is 0.800. The lowest BCUT2D eigenvalue weighted by molar-refractivity contribution is -0.142. The first-order chi connectivity index (χ1) is 8.81. The molecule has 0 radical (unpaired) electrons. The lowest BCUT2D eigenvalue weighted by Gasteiger charge is -2.40. The zero-order valence-corrected chi connectivity index (χ0v) is 15.0. The van der Waals surface area contributed by atoms with Crippen molar-refractivity contribution in [1.82, 2.24) is 0 Å². The van der Waals surface area contributed by atoms with Crippen LogP contribution in [-0.4, -0.2) is 38.2 Å². The van der Waals surface area contributed by atoms with Crippen LogP contribution in [0, 0.1) is 11.8 Å². The Morgan fingerprint density at radius 3 is 2.15 bits per heavy atom. The average Bonchev–Trinajstić information content (AvgIpc) is 2.23. The number of aliphatic hydroxyl groups excluding tert-OH is 1. The van der Waals surface area contributed by atoms with Gasteiger partial charge < -0.3 is 14.3 Å². The zero-order chi connectivity index (χ0) is 16.2. The van der Waals surface area contributed by atoms with Crippen LogP contribution < -0.4 is 0 Å². The Bertz CT molecular complexity index is 396. The minimum atomic E-state index is -1.93. The normalized spacial score (nSPS) is 14.2. The van der Waals surface area contributed by atoms with Crippen LogP contribution in [0.25, 0.3) is 0 Å². The number of aliphatic hydroxyl groups is 1. The van der Waals surface area contributed by atoms with Crippen molar-refractivity contribution < 1.29 is 19.1 Å². The number of esters is 1. The second kappa shape index (κ2) is 6.75. The second-order valence-electron chi connectivity index (χ2n) is 6.94. The van der Waals surface area contributed by atoms with E-state index in [9.17, 15) is 9.90 Å². The number of carbonyl (C=O) groups is 1. The van der Waals surface area contributed by atoms with E-state index in [4.69, 9.17) is 4.43 Å². The van der Waals surface area contributed by atoms with E-state index in [1.54, 1.807) is 0 Å². The Hall–Kier alpha value is -0.833. The maximum Gasteiger partial charge on any atom is 0.309 e. The second-order valence-corrected chi connectivity index (χ2v) is 11.7. The van der Waals surface area contributed by atoms with Gasteiger partial charge in [-0.25, -0.2) is 0 Å². The topological polar surface area (TPSA) is 55.8 Å². The molecule has 20 heavy (non-hydrogen) atoms. The van der Waals surface area contributed by atoms with Crippen LogP contribution in [0.3, 0.4) is 0 Å². The number of hydrogen-bond donors (Lipinski definition) is 1. The van der Waals surface area contributed by atoms with Crippen LogP contribution in [-0.2, 0) is 14.0 Å². The molecule has 0 aromatic heterocycles. The lowest BCUT2D eigenvalue weighted by atomic mass is 10.1. The Morgan fingerprint density at radius 2 is 1.75 bits per heavy atom. The molecular formula is C15H28O4Si. The highest BCUT2D eigenvalue weighted by atomic mass is 28.4. The Kier molecular flexibility index (Phi) is 6.47. The molecule has 0 bridgehead atoms. The van der Waals surface area contributed by atoms with E-state index in [1.807, 2.05) is 13.8 Å². The molecule has 0 heterocycles. The molecule has 0 aliphatic rings. The van der Waals surface area contributed by atoms with Crippen LogP contribution in [0.4, 0.5) is 0 Å². The van der Waals surface area contributed by atoms with E-state index in [0.717, 1.165) is 0 Å². The minimum absolute atomic E-state index is 0.0938. The third-order valence-electron chi connectivity index (χ3n) is 3.44. The molecule has 0 aliphatic heterocycles. The van der Waals surface area contributed by atoms with Crippen molar-refractivity contribution >= 4 is 14.3 Å². The Morgan fingerprint density at radius 1 is 1.25 bits per heavy atom. The van der Waals surface area contributed by atoms with E-state index >= 15 is 0 Å². The highest BCUT2D eigenvalue weighted by molar-refractivity contribution is 6.74. The number of methoxy groups -OCH3 is 1. The van der Waals surface area contributed by atoms with Crippen molar-refractivity contribution in [3.8, 4) is 11.8 Å². The first-order valence-electron chi connectivity index (χ1n) is 6.78. The summed E-state index contributed by atoms with van der Waals surface area (Å²) in [5.74, 6) is 5.11. The largest absolute Gasteiger partial charge is 0.469 e. The van der Waals surface area contributed by atoms with Gasteiger partial charge in [-0.3, -0.25) is 4.79 Å². The zero-order valence-electron chi connectivity index (χ0n) is 14.0. The molecule has 1 atom stereocenters. The van der Waals surface area contributed by atoms with Gasteiger partial charge in [0.1, 0.15) is 11.7 Å². The summed E-state index contributed by atoms with van der Waals surface area (Å²) in [6, 6.07) is 0. The molecule has 0 rings (SSSR count). The van der Waals surface area contributed by atoms with Gasteiger partial charge in [0.25, 0.3) is 0 Å². The summed E-state index contributed by atoms with van der Waals surface area (Å²) < 4.78 is 10.7. The molecule has 0 spiro atoms. The minimum Gasteiger partial charge on any atom is -0.469 e. The van der Waals surface area contributed by atoms with Crippen molar-refractivity contribution in [2.24, 2.45) is 0 Å². The molecule has 0 aromatic rings. The maximum absolute atomic E-state index is 11.0. The fourth-order valence-electron chi connectivity index (χ4n) is 1.37. The van der Waals surface area contributed by atoms with Gasteiger partial charge in [0.05, 0.1) is 13.5 Å². The molecule has 0 aromatic carbocycles. The van der Waals surface area contributed by atoms with Crippen LogP contribution in [0.5, 0.6) is 0 Å². The van der Waals surface area contributed by atoms with Crippen molar-refractivity contribution in [3.05, 3.63) is 0 Å². The van der Waals surface area contributed by atoms with Gasteiger partial charge in [-0.05, 0) is 32.0 Å². The molecule has 0 fully saturated rings. The average molecular weight is 300 g/mol. The van der Waals surface area contributed by atoms with E-state index in [2.05, 4.69) is 50.4 Å².